The number of halogens is 1. The second-order valence-electron chi connectivity index (χ2n) is 4.07. The molecule has 0 aliphatic rings. The Morgan fingerprint density at radius 3 is 3.00 bits per heavy atom. The zero-order valence-electron chi connectivity index (χ0n) is 9.64. The number of imidazole rings is 1. The molecule has 0 aliphatic heterocycles. The Kier molecular flexibility index (Phi) is 2.48. The van der Waals surface area contributed by atoms with Gasteiger partial charge in [0, 0.05) is 6.20 Å². The van der Waals surface area contributed by atoms with Gasteiger partial charge in [0.05, 0.1) is 11.2 Å². The third-order valence-electron chi connectivity index (χ3n) is 2.86. The van der Waals surface area contributed by atoms with E-state index in [0.717, 1.165) is 11.1 Å². The zero-order valence-corrected chi connectivity index (χ0v) is 10.5. The van der Waals surface area contributed by atoms with E-state index in [1.54, 1.807) is 16.8 Å². The molecule has 0 aliphatic carbocycles. The Morgan fingerprint density at radius 2 is 2.17 bits per heavy atom. The van der Waals surface area contributed by atoms with Crippen molar-refractivity contribution in [3.8, 4) is 5.69 Å². The second kappa shape index (κ2) is 4.03. The SMILES string of the molecule is Cc1ccc(F)cc1-n1c(=S)[nH]c2cccnc21. The van der Waals surface area contributed by atoms with E-state index in [1.807, 2.05) is 19.1 Å². The summed E-state index contributed by atoms with van der Waals surface area (Å²) >= 11 is 5.28. The van der Waals surface area contributed by atoms with Gasteiger partial charge >= 0.3 is 0 Å². The first kappa shape index (κ1) is 11.1. The molecule has 5 heteroatoms. The van der Waals surface area contributed by atoms with Gasteiger partial charge in [-0.1, -0.05) is 6.07 Å². The summed E-state index contributed by atoms with van der Waals surface area (Å²) in [6.45, 7) is 1.92. The number of H-pyrrole nitrogens is 1. The molecule has 1 aromatic carbocycles. The van der Waals surface area contributed by atoms with Crippen LogP contribution in [0.4, 0.5) is 4.39 Å². The third-order valence-corrected chi connectivity index (χ3v) is 3.14. The molecule has 3 aromatic rings. The first-order valence-corrected chi connectivity index (χ1v) is 5.90. The summed E-state index contributed by atoms with van der Waals surface area (Å²) < 4.78 is 15.7. The number of benzene rings is 1. The van der Waals surface area contributed by atoms with E-state index >= 15 is 0 Å². The van der Waals surface area contributed by atoms with Gasteiger partial charge in [-0.2, -0.15) is 0 Å². The number of nitrogens with one attached hydrogen (secondary N) is 1. The van der Waals surface area contributed by atoms with E-state index in [1.165, 1.54) is 12.1 Å². The Hall–Kier alpha value is -2.01. The molecule has 3 rings (SSSR count). The van der Waals surface area contributed by atoms with Gasteiger partial charge < -0.3 is 4.98 Å². The second-order valence-corrected chi connectivity index (χ2v) is 4.46. The first-order chi connectivity index (χ1) is 8.66. The average Bonchev–Trinajstić information content (AvgIpc) is 2.68. The molecule has 0 bridgehead atoms. The van der Waals surface area contributed by atoms with Crippen molar-refractivity contribution in [1.82, 2.24) is 14.5 Å². The van der Waals surface area contributed by atoms with Crippen LogP contribution in [-0.4, -0.2) is 14.5 Å². The van der Waals surface area contributed by atoms with Crippen molar-refractivity contribution in [2.24, 2.45) is 0 Å². The van der Waals surface area contributed by atoms with E-state index in [-0.39, 0.29) is 5.82 Å². The lowest BCUT2D eigenvalue weighted by Crippen LogP contribution is -1.99. The molecule has 0 fully saturated rings. The normalized spacial score (nSPS) is 11.0. The highest BCUT2D eigenvalue weighted by atomic mass is 32.1. The molecule has 90 valence electrons. The summed E-state index contributed by atoms with van der Waals surface area (Å²) in [7, 11) is 0. The van der Waals surface area contributed by atoms with Crippen LogP contribution in [0.3, 0.4) is 0 Å². The fourth-order valence-electron chi connectivity index (χ4n) is 1.99. The van der Waals surface area contributed by atoms with Crippen molar-refractivity contribution in [3.63, 3.8) is 0 Å². The average molecular weight is 259 g/mol. The van der Waals surface area contributed by atoms with Gasteiger partial charge in [0.1, 0.15) is 5.82 Å². The molecule has 2 aromatic heterocycles. The van der Waals surface area contributed by atoms with Crippen LogP contribution in [0.15, 0.2) is 36.5 Å². The molecule has 0 saturated carbocycles. The maximum Gasteiger partial charge on any atom is 0.184 e. The molecule has 0 unspecified atom stereocenters. The monoisotopic (exact) mass is 259 g/mol. The molecule has 18 heavy (non-hydrogen) atoms. The summed E-state index contributed by atoms with van der Waals surface area (Å²) in [6.07, 6.45) is 1.69. The molecule has 0 spiro atoms. The maximum atomic E-state index is 13.4. The predicted molar refractivity (Wildman–Crippen MR) is 70.9 cm³/mol. The molecular formula is C13H10FN3S. The number of hydrogen-bond acceptors (Lipinski definition) is 2. The molecule has 0 radical (unpaired) electrons. The Morgan fingerprint density at radius 1 is 1.33 bits per heavy atom. The number of hydrogen-bond donors (Lipinski definition) is 1. The van der Waals surface area contributed by atoms with Gasteiger partial charge in [0.25, 0.3) is 0 Å². The third kappa shape index (κ3) is 1.64. The summed E-state index contributed by atoms with van der Waals surface area (Å²) in [5, 5.41) is 0. The van der Waals surface area contributed by atoms with Crippen LogP contribution in [0.2, 0.25) is 0 Å². The molecule has 0 saturated heterocycles. The van der Waals surface area contributed by atoms with E-state index in [9.17, 15) is 4.39 Å². The molecule has 0 amide bonds. The van der Waals surface area contributed by atoms with E-state index in [2.05, 4.69) is 9.97 Å². The molecule has 0 atom stereocenters. The minimum absolute atomic E-state index is 0.289. The topological polar surface area (TPSA) is 33.6 Å². The number of fused-ring (bicyclic) bond motifs is 1. The highest BCUT2D eigenvalue weighted by molar-refractivity contribution is 7.71. The largest absolute Gasteiger partial charge is 0.329 e. The van der Waals surface area contributed by atoms with Gasteiger partial charge in [-0.3, -0.25) is 4.57 Å². The van der Waals surface area contributed by atoms with Crippen molar-refractivity contribution in [2.45, 2.75) is 6.92 Å². The van der Waals surface area contributed by atoms with Crippen molar-refractivity contribution >= 4 is 23.4 Å². The number of aromatic amines is 1. The lowest BCUT2D eigenvalue weighted by Gasteiger charge is -2.07. The van der Waals surface area contributed by atoms with Crippen LogP contribution in [0.1, 0.15) is 5.56 Å². The minimum Gasteiger partial charge on any atom is -0.329 e. The van der Waals surface area contributed by atoms with Gasteiger partial charge in [0.15, 0.2) is 10.4 Å². The highest BCUT2D eigenvalue weighted by Crippen LogP contribution is 2.21. The first-order valence-electron chi connectivity index (χ1n) is 5.49. The van der Waals surface area contributed by atoms with Crippen LogP contribution in [-0.2, 0) is 0 Å². The van der Waals surface area contributed by atoms with Gasteiger partial charge in [0.2, 0.25) is 0 Å². The number of pyridine rings is 1. The molecule has 1 N–H and O–H groups in total. The van der Waals surface area contributed by atoms with Crippen LogP contribution in [0.25, 0.3) is 16.9 Å². The van der Waals surface area contributed by atoms with Crippen molar-refractivity contribution in [2.75, 3.05) is 0 Å². The standard InChI is InChI=1S/C13H10FN3S/c1-8-4-5-9(14)7-11(8)17-12-10(16-13(17)18)3-2-6-15-12/h2-7H,1H3,(H,16,18). The fraction of sp³-hybridized carbons (Fsp3) is 0.0769. The summed E-state index contributed by atoms with van der Waals surface area (Å²) in [4.78, 5) is 7.36. The van der Waals surface area contributed by atoms with Crippen LogP contribution in [0, 0.1) is 17.5 Å². The summed E-state index contributed by atoms with van der Waals surface area (Å²) in [5.74, 6) is -0.289. The van der Waals surface area contributed by atoms with Gasteiger partial charge in [-0.25, -0.2) is 9.37 Å². The quantitative estimate of drug-likeness (QED) is 0.678. The molecular weight excluding hydrogens is 249 g/mol. The number of nitrogens with zero attached hydrogens (tertiary/aromatic N) is 2. The smallest absolute Gasteiger partial charge is 0.184 e. The lowest BCUT2D eigenvalue weighted by atomic mass is 10.2. The number of aromatic nitrogens is 3. The number of rotatable bonds is 1. The van der Waals surface area contributed by atoms with Crippen LogP contribution >= 0.6 is 12.2 Å². The Balaban J connectivity index is 2.41. The summed E-state index contributed by atoms with van der Waals surface area (Å²) in [5.41, 5.74) is 3.20. The van der Waals surface area contributed by atoms with Gasteiger partial charge in [-0.15, -0.1) is 0 Å². The molecule has 2 heterocycles. The van der Waals surface area contributed by atoms with Crippen LogP contribution < -0.4 is 0 Å². The van der Waals surface area contributed by atoms with Crippen molar-refractivity contribution in [1.29, 1.82) is 0 Å². The Labute approximate surface area is 108 Å². The predicted octanol–water partition coefficient (Wildman–Crippen LogP) is 3.53. The van der Waals surface area contributed by atoms with E-state index < -0.39 is 0 Å². The molecule has 3 nitrogen and oxygen atoms in total. The number of aryl methyl sites for hydroxylation is 1. The Bertz CT molecular complexity index is 788. The van der Waals surface area contributed by atoms with Crippen molar-refractivity contribution in [3.05, 3.63) is 52.7 Å². The zero-order chi connectivity index (χ0) is 12.7. The minimum atomic E-state index is -0.289. The van der Waals surface area contributed by atoms with E-state index in [4.69, 9.17) is 12.2 Å². The fourth-order valence-corrected chi connectivity index (χ4v) is 2.28. The van der Waals surface area contributed by atoms with Crippen LogP contribution in [0.5, 0.6) is 0 Å². The van der Waals surface area contributed by atoms with E-state index in [0.29, 0.717) is 16.1 Å². The van der Waals surface area contributed by atoms with Gasteiger partial charge in [-0.05, 0) is 49.0 Å². The van der Waals surface area contributed by atoms with Crippen molar-refractivity contribution < 1.29 is 4.39 Å². The lowest BCUT2D eigenvalue weighted by molar-refractivity contribution is 0.626. The maximum absolute atomic E-state index is 13.4. The summed E-state index contributed by atoms with van der Waals surface area (Å²) in [6, 6.07) is 8.35. The highest BCUT2D eigenvalue weighted by Gasteiger charge is 2.10.